The van der Waals surface area contributed by atoms with Crippen LogP contribution in [0, 0.1) is 11.8 Å². The van der Waals surface area contributed by atoms with Crippen LogP contribution in [0.25, 0.3) is 0 Å². The quantitative estimate of drug-likeness (QED) is 0.664. The summed E-state index contributed by atoms with van der Waals surface area (Å²) in [5.41, 5.74) is 5.45. The normalized spacial score (nSPS) is 40.1. The minimum Gasteiger partial charge on any atom is -0.466 e. The van der Waals surface area contributed by atoms with Crippen molar-refractivity contribution in [3.63, 3.8) is 0 Å². The molecule has 0 spiro atoms. The maximum absolute atomic E-state index is 11.6. The second-order valence-electron chi connectivity index (χ2n) is 4.23. The number of ether oxygens (including phenoxy) is 2. The van der Waals surface area contributed by atoms with Gasteiger partial charge in [-0.25, -0.2) is 0 Å². The molecule has 0 radical (unpaired) electrons. The van der Waals surface area contributed by atoms with Crippen molar-refractivity contribution < 1.29 is 14.3 Å². The van der Waals surface area contributed by atoms with E-state index < -0.39 is 0 Å². The van der Waals surface area contributed by atoms with Gasteiger partial charge in [0, 0.05) is 6.54 Å². The monoisotopic (exact) mass is 199 g/mol. The molecule has 0 aromatic carbocycles. The van der Waals surface area contributed by atoms with Crippen molar-refractivity contribution in [3.05, 3.63) is 0 Å². The van der Waals surface area contributed by atoms with Crippen LogP contribution in [0.4, 0.5) is 0 Å². The summed E-state index contributed by atoms with van der Waals surface area (Å²) in [6, 6.07) is 0. The molecule has 0 aromatic rings. The molecule has 1 saturated carbocycles. The molecule has 1 saturated heterocycles. The molecule has 0 aromatic heterocycles. The lowest BCUT2D eigenvalue weighted by molar-refractivity contribution is -0.153. The van der Waals surface area contributed by atoms with Gasteiger partial charge in [-0.2, -0.15) is 0 Å². The Balaban J connectivity index is 2.02. The van der Waals surface area contributed by atoms with Gasteiger partial charge in [0.15, 0.2) is 0 Å². The molecule has 3 atom stereocenters. The van der Waals surface area contributed by atoms with E-state index in [1.54, 1.807) is 0 Å². The predicted molar refractivity (Wildman–Crippen MR) is 50.6 cm³/mol. The van der Waals surface area contributed by atoms with E-state index in [2.05, 4.69) is 0 Å². The van der Waals surface area contributed by atoms with Crippen LogP contribution in [0.15, 0.2) is 0 Å². The van der Waals surface area contributed by atoms with Crippen molar-refractivity contribution >= 4 is 5.97 Å². The molecule has 2 rings (SSSR count). The van der Waals surface area contributed by atoms with Crippen LogP contribution in [0.1, 0.15) is 19.8 Å². The third-order valence-electron chi connectivity index (χ3n) is 3.36. The Bertz CT molecular complexity index is 244. The molecule has 2 N–H and O–H groups in total. The Morgan fingerprint density at radius 1 is 1.64 bits per heavy atom. The molecule has 1 aliphatic carbocycles. The van der Waals surface area contributed by atoms with E-state index in [0.717, 1.165) is 12.8 Å². The van der Waals surface area contributed by atoms with Gasteiger partial charge in [0.25, 0.3) is 0 Å². The van der Waals surface area contributed by atoms with Crippen LogP contribution in [0.2, 0.25) is 0 Å². The number of hydrogen-bond donors (Lipinski definition) is 1. The van der Waals surface area contributed by atoms with Gasteiger partial charge in [0.1, 0.15) is 0 Å². The minimum atomic E-state index is -0.220. The third kappa shape index (κ3) is 1.42. The van der Waals surface area contributed by atoms with Crippen LogP contribution in [-0.2, 0) is 14.3 Å². The fourth-order valence-corrected chi connectivity index (χ4v) is 2.60. The lowest BCUT2D eigenvalue weighted by Gasteiger charge is -2.28. The number of fused-ring (bicyclic) bond motifs is 2. The van der Waals surface area contributed by atoms with Crippen LogP contribution in [-0.4, -0.2) is 31.3 Å². The number of rotatable bonds is 3. The van der Waals surface area contributed by atoms with E-state index in [1.807, 2.05) is 6.92 Å². The second kappa shape index (κ2) is 3.51. The van der Waals surface area contributed by atoms with Gasteiger partial charge >= 0.3 is 5.97 Å². The second-order valence-corrected chi connectivity index (χ2v) is 4.23. The molecule has 0 unspecified atom stereocenters. The molecular weight excluding hydrogens is 182 g/mol. The first kappa shape index (κ1) is 9.93. The fourth-order valence-electron chi connectivity index (χ4n) is 2.60. The largest absolute Gasteiger partial charge is 0.466 e. The average molecular weight is 199 g/mol. The van der Waals surface area contributed by atoms with Gasteiger partial charge in [0.2, 0.25) is 0 Å². The highest BCUT2D eigenvalue weighted by atomic mass is 16.5. The first-order valence-electron chi connectivity index (χ1n) is 5.21. The van der Waals surface area contributed by atoms with E-state index in [4.69, 9.17) is 15.2 Å². The Labute approximate surface area is 83.7 Å². The third-order valence-corrected chi connectivity index (χ3v) is 3.36. The maximum atomic E-state index is 11.6. The van der Waals surface area contributed by atoms with E-state index in [1.165, 1.54) is 0 Å². The van der Waals surface area contributed by atoms with Crippen molar-refractivity contribution in [2.24, 2.45) is 17.6 Å². The number of esters is 1. The topological polar surface area (TPSA) is 61.5 Å². The van der Waals surface area contributed by atoms with Gasteiger partial charge in [-0.3, -0.25) is 4.79 Å². The van der Waals surface area contributed by atoms with Crippen molar-refractivity contribution in [2.45, 2.75) is 25.4 Å². The van der Waals surface area contributed by atoms with E-state index >= 15 is 0 Å². The molecule has 0 amide bonds. The number of hydrogen-bond acceptors (Lipinski definition) is 4. The summed E-state index contributed by atoms with van der Waals surface area (Å²) in [5.74, 6) is 0.279. The molecule has 4 nitrogen and oxygen atoms in total. The number of carbonyl (C=O) groups is 1. The zero-order valence-electron chi connectivity index (χ0n) is 8.49. The van der Waals surface area contributed by atoms with Gasteiger partial charge in [-0.05, 0) is 25.7 Å². The highest BCUT2D eigenvalue weighted by Gasteiger charge is 2.54. The molecule has 2 bridgehead atoms. The highest BCUT2D eigenvalue weighted by molar-refractivity contribution is 5.73. The highest BCUT2D eigenvalue weighted by Crippen LogP contribution is 2.47. The summed E-state index contributed by atoms with van der Waals surface area (Å²) in [6.07, 6.45) is 1.67. The number of carbonyl (C=O) groups excluding carboxylic acids is 1. The minimum absolute atomic E-state index is 0.0206. The van der Waals surface area contributed by atoms with Gasteiger partial charge < -0.3 is 15.2 Å². The van der Waals surface area contributed by atoms with Gasteiger partial charge in [-0.1, -0.05) is 0 Å². The standard InChI is InChI=1S/C10H17NO3/c1-2-13-9(12)8-4-10(6-11)3-7(8)5-14-10/h7-8H,2-6,11H2,1H3/t7-,8+,10+/m0/s1. The molecule has 1 aliphatic heterocycles. The summed E-state index contributed by atoms with van der Waals surface area (Å²) in [6.45, 7) is 3.47. The summed E-state index contributed by atoms with van der Waals surface area (Å²) in [7, 11) is 0. The van der Waals surface area contributed by atoms with Gasteiger partial charge in [0.05, 0.1) is 24.7 Å². The Morgan fingerprint density at radius 3 is 3.00 bits per heavy atom. The lowest BCUT2D eigenvalue weighted by atomic mass is 9.95. The SMILES string of the molecule is CCOC(=O)[C@@H]1C[C@@]2(CN)C[C@H]1CO2. The average Bonchev–Trinajstić information content (AvgIpc) is 2.76. The summed E-state index contributed by atoms with van der Waals surface area (Å²) in [5, 5.41) is 0. The lowest BCUT2D eigenvalue weighted by Crippen LogP contribution is -2.39. The zero-order valence-corrected chi connectivity index (χ0v) is 8.49. The van der Waals surface area contributed by atoms with Gasteiger partial charge in [-0.15, -0.1) is 0 Å². The molecular formula is C10H17NO3. The van der Waals surface area contributed by atoms with Crippen LogP contribution >= 0.6 is 0 Å². The smallest absolute Gasteiger partial charge is 0.309 e. The summed E-state index contributed by atoms with van der Waals surface area (Å²) >= 11 is 0. The van der Waals surface area contributed by atoms with E-state index in [-0.39, 0.29) is 17.5 Å². The molecule has 80 valence electrons. The van der Waals surface area contributed by atoms with Crippen molar-refractivity contribution in [2.75, 3.05) is 19.8 Å². The first-order chi connectivity index (χ1) is 6.71. The first-order valence-corrected chi connectivity index (χ1v) is 5.21. The number of nitrogens with two attached hydrogens (primary N) is 1. The zero-order chi connectivity index (χ0) is 10.2. The van der Waals surface area contributed by atoms with Crippen molar-refractivity contribution in [1.82, 2.24) is 0 Å². The molecule has 2 aliphatic rings. The Kier molecular flexibility index (Phi) is 2.49. The predicted octanol–water partition coefficient (Wildman–Crippen LogP) is 0.303. The van der Waals surface area contributed by atoms with Crippen LogP contribution < -0.4 is 5.73 Å². The summed E-state index contributed by atoms with van der Waals surface area (Å²) < 4.78 is 10.6. The van der Waals surface area contributed by atoms with Crippen LogP contribution in [0.3, 0.4) is 0 Å². The fraction of sp³-hybridized carbons (Fsp3) is 0.900. The van der Waals surface area contributed by atoms with Crippen molar-refractivity contribution in [1.29, 1.82) is 0 Å². The summed E-state index contributed by atoms with van der Waals surface area (Å²) in [4.78, 5) is 11.6. The maximum Gasteiger partial charge on any atom is 0.309 e. The molecule has 4 heteroatoms. The van der Waals surface area contributed by atoms with E-state index in [9.17, 15) is 4.79 Å². The molecule has 1 heterocycles. The Hall–Kier alpha value is -0.610. The molecule has 2 fully saturated rings. The van der Waals surface area contributed by atoms with Crippen molar-refractivity contribution in [3.8, 4) is 0 Å². The Morgan fingerprint density at radius 2 is 2.43 bits per heavy atom. The van der Waals surface area contributed by atoms with Crippen LogP contribution in [0.5, 0.6) is 0 Å². The van der Waals surface area contributed by atoms with E-state index in [0.29, 0.717) is 25.7 Å². The molecule has 14 heavy (non-hydrogen) atoms.